The third kappa shape index (κ3) is 4.86. The van der Waals surface area contributed by atoms with Gasteiger partial charge < -0.3 is 10.0 Å². The molecule has 1 rings (SSSR count). The Labute approximate surface area is 124 Å². The SMILES string of the molecule is CCN(C(=O)c1ccc(C(=O)O)cc1)C(C)CS(C)(=O)=O. The number of sulfone groups is 1. The first-order chi connectivity index (χ1) is 9.65. The number of amides is 1. The maximum atomic E-state index is 12.4. The van der Waals surface area contributed by atoms with Gasteiger partial charge in [0, 0.05) is 24.4 Å². The third-order valence-electron chi connectivity index (χ3n) is 3.06. The van der Waals surface area contributed by atoms with Gasteiger partial charge in [0.05, 0.1) is 11.3 Å². The lowest BCUT2D eigenvalue weighted by molar-refractivity contribution is 0.0690. The molecule has 1 N–H and O–H groups in total. The molecule has 21 heavy (non-hydrogen) atoms. The number of aromatic carboxylic acids is 1. The van der Waals surface area contributed by atoms with E-state index in [-0.39, 0.29) is 17.2 Å². The van der Waals surface area contributed by atoms with Crippen LogP contribution >= 0.6 is 0 Å². The molecule has 0 aliphatic rings. The van der Waals surface area contributed by atoms with E-state index in [0.717, 1.165) is 6.26 Å². The van der Waals surface area contributed by atoms with Crippen LogP contribution in [0.3, 0.4) is 0 Å². The first kappa shape index (κ1) is 17.2. The van der Waals surface area contributed by atoms with Crippen molar-refractivity contribution in [2.75, 3.05) is 18.6 Å². The van der Waals surface area contributed by atoms with Gasteiger partial charge in [-0.1, -0.05) is 0 Å². The van der Waals surface area contributed by atoms with Crippen LogP contribution in [-0.4, -0.2) is 54.9 Å². The fourth-order valence-electron chi connectivity index (χ4n) is 2.10. The van der Waals surface area contributed by atoms with Crippen molar-refractivity contribution < 1.29 is 23.1 Å². The number of benzene rings is 1. The molecule has 0 heterocycles. The van der Waals surface area contributed by atoms with E-state index in [4.69, 9.17) is 5.11 Å². The molecule has 0 bridgehead atoms. The Morgan fingerprint density at radius 2 is 1.67 bits per heavy atom. The maximum Gasteiger partial charge on any atom is 0.335 e. The normalized spacial score (nSPS) is 12.7. The summed E-state index contributed by atoms with van der Waals surface area (Å²) in [5, 5.41) is 8.82. The summed E-state index contributed by atoms with van der Waals surface area (Å²) >= 11 is 0. The van der Waals surface area contributed by atoms with Crippen LogP contribution in [0.5, 0.6) is 0 Å². The van der Waals surface area contributed by atoms with Crippen molar-refractivity contribution in [3.8, 4) is 0 Å². The van der Waals surface area contributed by atoms with Crippen LogP contribution in [0.2, 0.25) is 0 Å². The van der Waals surface area contributed by atoms with Crippen LogP contribution in [0.1, 0.15) is 34.6 Å². The van der Waals surface area contributed by atoms with Crippen molar-refractivity contribution in [1.82, 2.24) is 4.90 Å². The highest BCUT2D eigenvalue weighted by Crippen LogP contribution is 2.11. The van der Waals surface area contributed by atoms with Crippen molar-refractivity contribution in [2.24, 2.45) is 0 Å². The number of carboxylic acid groups (broad SMARTS) is 1. The average molecular weight is 313 g/mol. The van der Waals surface area contributed by atoms with E-state index in [1.165, 1.54) is 29.2 Å². The van der Waals surface area contributed by atoms with Gasteiger partial charge in [0.25, 0.3) is 5.91 Å². The van der Waals surface area contributed by atoms with Crippen LogP contribution in [0.4, 0.5) is 0 Å². The number of hydrogen-bond donors (Lipinski definition) is 1. The Morgan fingerprint density at radius 1 is 1.19 bits per heavy atom. The van der Waals surface area contributed by atoms with E-state index < -0.39 is 21.8 Å². The van der Waals surface area contributed by atoms with Gasteiger partial charge in [-0.15, -0.1) is 0 Å². The molecule has 7 heteroatoms. The maximum absolute atomic E-state index is 12.4. The molecule has 0 radical (unpaired) electrons. The highest BCUT2D eigenvalue weighted by molar-refractivity contribution is 7.90. The molecule has 116 valence electrons. The van der Waals surface area contributed by atoms with Gasteiger partial charge in [0.1, 0.15) is 9.84 Å². The number of hydrogen-bond acceptors (Lipinski definition) is 4. The molecule has 0 aromatic heterocycles. The van der Waals surface area contributed by atoms with Crippen molar-refractivity contribution in [3.05, 3.63) is 35.4 Å². The molecular formula is C14H19NO5S. The summed E-state index contributed by atoms with van der Waals surface area (Å²) in [6.45, 7) is 3.81. The van der Waals surface area contributed by atoms with Gasteiger partial charge in [0.15, 0.2) is 0 Å². The van der Waals surface area contributed by atoms with Gasteiger partial charge in [-0.3, -0.25) is 4.79 Å². The average Bonchev–Trinajstić information content (AvgIpc) is 2.37. The minimum atomic E-state index is -3.18. The highest BCUT2D eigenvalue weighted by Gasteiger charge is 2.23. The fourth-order valence-corrected chi connectivity index (χ4v) is 3.16. The zero-order valence-electron chi connectivity index (χ0n) is 12.2. The quantitative estimate of drug-likeness (QED) is 0.854. The monoisotopic (exact) mass is 313 g/mol. The summed E-state index contributed by atoms with van der Waals surface area (Å²) < 4.78 is 22.7. The number of carboxylic acids is 1. The Hall–Kier alpha value is -1.89. The molecule has 0 aliphatic heterocycles. The first-order valence-corrected chi connectivity index (χ1v) is 8.53. The summed E-state index contributed by atoms with van der Waals surface area (Å²) in [7, 11) is -3.18. The lowest BCUT2D eigenvalue weighted by Gasteiger charge is -2.27. The lowest BCUT2D eigenvalue weighted by Crippen LogP contribution is -2.42. The van der Waals surface area contributed by atoms with Crippen LogP contribution in [0.25, 0.3) is 0 Å². The Bertz CT molecular complexity index is 621. The molecule has 1 aromatic carbocycles. The molecular weight excluding hydrogens is 294 g/mol. The standard InChI is InChI=1S/C14H19NO5S/c1-4-15(10(2)9-21(3,19)20)13(16)11-5-7-12(8-6-11)14(17)18/h5-8,10H,4,9H2,1-3H3,(H,17,18). The minimum absolute atomic E-state index is 0.0961. The van der Waals surface area contributed by atoms with Gasteiger partial charge in [-0.05, 0) is 38.1 Å². The van der Waals surface area contributed by atoms with Crippen molar-refractivity contribution in [3.63, 3.8) is 0 Å². The van der Waals surface area contributed by atoms with E-state index in [1.54, 1.807) is 13.8 Å². The summed E-state index contributed by atoms with van der Waals surface area (Å²) in [5.74, 6) is -1.49. The molecule has 6 nitrogen and oxygen atoms in total. The Morgan fingerprint density at radius 3 is 2.05 bits per heavy atom. The van der Waals surface area contributed by atoms with Crippen molar-refractivity contribution in [1.29, 1.82) is 0 Å². The van der Waals surface area contributed by atoms with Crippen molar-refractivity contribution >= 4 is 21.7 Å². The number of nitrogens with zero attached hydrogens (tertiary/aromatic N) is 1. The van der Waals surface area contributed by atoms with E-state index in [0.29, 0.717) is 12.1 Å². The smallest absolute Gasteiger partial charge is 0.335 e. The minimum Gasteiger partial charge on any atom is -0.478 e. The molecule has 0 spiro atoms. The van der Waals surface area contributed by atoms with Crippen LogP contribution in [0.15, 0.2) is 24.3 Å². The first-order valence-electron chi connectivity index (χ1n) is 6.47. The number of carbonyl (C=O) groups is 2. The largest absolute Gasteiger partial charge is 0.478 e. The van der Waals surface area contributed by atoms with E-state index in [9.17, 15) is 18.0 Å². The van der Waals surface area contributed by atoms with Crippen LogP contribution in [-0.2, 0) is 9.84 Å². The topological polar surface area (TPSA) is 91.8 Å². The summed E-state index contributed by atoms with van der Waals surface area (Å²) in [4.78, 5) is 24.6. The molecule has 1 atom stereocenters. The zero-order valence-corrected chi connectivity index (χ0v) is 13.1. The molecule has 0 saturated heterocycles. The Balaban J connectivity index is 2.95. The predicted octanol–water partition coefficient (Wildman–Crippen LogP) is 1.28. The third-order valence-corrected chi connectivity index (χ3v) is 4.14. The molecule has 0 fully saturated rings. The van der Waals surface area contributed by atoms with Gasteiger partial charge in [-0.2, -0.15) is 0 Å². The summed E-state index contributed by atoms with van der Waals surface area (Å²) in [6, 6.07) is 5.12. The summed E-state index contributed by atoms with van der Waals surface area (Å²) in [6.07, 6.45) is 1.13. The lowest BCUT2D eigenvalue weighted by atomic mass is 10.1. The van der Waals surface area contributed by atoms with Gasteiger partial charge in [0.2, 0.25) is 0 Å². The fraction of sp³-hybridized carbons (Fsp3) is 0.429. The molecule has 1 aromatic rings. The molecule has 0 aliphatic carbocycles. The van der Waals surface area contributed by atoms with Crippen LogP contribution < -0.4 is 0 Å². The molecule has 0 saturated carbocycles. The highest BCUT2D eigenvalue weighted by atomic mass is 32.2. The van der Waals surface area contributed by atoms with Crippen LogP contribution in [0, 0.1) is 0 Å². The number of carbonyl (C=O) groups excluding carboxylic acids is 1. The number of rotatable bonds is 6. The summed E-state index contributed by atoms with van der Waals surface area (Å²) in [5.41, 5.74) is 0.431. The van der Waals surface area contributed by atoms with E-state index in [2.05, 4.69) is 0 Å². The van der Waals surface area contributed by atoms with Gasteiger partial charge in [-0.25, -0.2) is 13.2 Å². The van der Waals surface area contributed by atoms with E-state index in [1.807, 2.05) is 0 Å². The molecule has 1 unspecified atom stereocenters. The molecule has 1 amide bonds. The second-order valence-corrected chi connectivity index (χ2v) is 7.10. The Kier molecular flexibility index (Phi) is 5.48. The van der Waals surface area contributed by atoms with Crippen molar-refractivity contribution in [2.45, 2.75) is 19.9 Å². The predicted molar refractivity (Wildman–Crippen MR) is 79.3 cm³/mol. The van der Waals surface area contributed by atoms with E-state index >= 15 is 0 Å². The second kappa shape index (κ2) is 6.71. The van der Waals surface area contributed by atoms with Gasteiger partial charge >= 0.3 is 5.97 Å². The second-order valence-electron chi connectivity index (χ2n) is 4.92. The zero-order chi connectivity index (χ0) is 16.2.